The number of halogens is 1. The highest BCUT2D eigenvalue weighted by molar-refractivity contribution is 7.92. The second-order valence-electron chi connectivity index (χ2n) is 5.18. The van der Waals surface area contributed by atoms with Gasteiger partial charge in [-0.05, 0) is 43.3 Å². The summed E-state index contributed by atoms with van der Waals surface area (Å²) in [7, 11) is -8.05. The van der Waals surface area contributed by atoms with Crippen molar-refractivity contribution in [3.05, 3.63) is 59.9 Å². The molecule has 2 rings (SSSR count). The largest absolute Gasteiger partial charge is 0.277 e. The Labute approximate surface area is 144 Å². The lowest BCUT2D eigenvalue weighted by Gasteiger charge is -2.09. The number of aryl methyl sites for hydroxylation is 1. The summed E-state index contributed by atoms with van der Waals surface area (Å²) in [5, 5.41) is 0. The zero-order valence-electron chi connectivity index (χ0n) is 13.1. The first-order valence-electron chi connectivity index (χ1n) is 6.96. The van der Waals surface area contributed by atoms with E-state index in [9.17, 15) is 26.0 Å². The van der Waals surface area contributed by atoms with Gasteiger partial charge >= 0.3 is 0 Å². The molecule has 2 N–H and O–H groups in total. The minimum absolute atomic E-state index is 0.0466. The molecule has 0 aliphatic rings. The maximum atomic E-state index is 12.8. The summed E-state index contributed by atoms with van der Waals surface area (Å²) in [6, 6.07) is 9.79. The van der Waals surface area contributed by atoms with Crippen LogP contribution in [-0.4, -0.2) is 28.5 Å². The third-order valence-electron chi connectivity index (χ3n) is 3.15. The van der Waals surface area contributed by atoms with Crippen LogP contribution in [0.1, 0.15) is 5.56 Å². The number of sulfonamides is 1. The molecule has 134 valence electrons. The van der Waals surface area contributed by atoms with Gasteiger partial charge in [0.2, 0.25) is 0 Å². The summed E-state index contributed by atoms with van der Waals surface area (Å²) < 4.78 is 60.9. The molecule has 7 nitrogen and oxygen atoms in total. The van der Waals surface area contributed by atoms with Gasteiger partial charge in [-0.3, -0.25) is 10.2 Å². The van der Waals surface area contributed by atoms with E-state index >= 15 is 0 Å². The highest BCUT2D eigenvalue weighted by Gasteiger charge is 2.21. The molecule has 0 radical (unpaired) electrons. The highest BCUT2D eigenvalue weighted by Crippen LogP contribution is 2.12. The van der Waals surface area contributed by atoms with Gasteiger partial charge in [0.15, 0.2) is 9.84 Å². The lowest BCUT2D eigenvalue weighted by molar-refractivity contribution is -0.119. The lowest BCUT2D eigenvalue weighted by atomic mass is 10.2. The monoisotopic (exact) mass is 386 g/mol. The van der Waals surface area contributed by atoms with Gasteiger partial charge in [0, 0.05) is 0 Å². The molecule has 2 aromatic carbocycles. The molecule has 0 unspecified atom stereocenters. The topological polar surface area (TPSA) is 109 Å². The quantitative estimate of drug-likeness (QED) is 0.718. The molecule has 0 saturated heterocycles. The number of amides is 1. The van der Waals surface area contributed by atoms with E-state index in [1.165, 1.54) is 12.1 Å². The SMILES string of the molecule is Cc1ccc(S(=O)(=O)CC(=O)NNS(=O)(=O)c2ccc(F)cc2)cc1. The molecular weight excluding hydrogens is 371 g/mol. The van der Waals surface area contributed by atoms with Gasteiger partial charge < -0.3 is 0 Å². The lowest BCUT2D eigenvalue weighted by Crippen LogP contribution is -2.44. The number of carbonyl (C=O) groups is 1. The maximum Gasteiger partial charge on any atom is 0.257 e. The standard InChI is InChI=1S/C15H15FN2O5S2/c1-11-2-6-13(7-3-11)24(20,21)10-15(19)17-18-25(22,23)14-8-4-12(16)5-9-14/h2-9,18H,10H2,1H3,(H,17,19). The molecule has 0 aliphatic carbocycles. The second kappa shape index (κ2) is 7.30. The van der Waals surface area contributed by atoms with Crippen LogP contribution in [0.2, 0.25) is 0 Å². The molecule has 0 bridgehead atoms. The van der Waals surface area contributed by atoms with Gasteiger partial charge in [-0.15, -0.1) is 4.83 Å². The van der Waals surface area contributed by atoms with Crippen LogP contribution in [0.5, 0.6) is 0 Å². The maximum absolute atomic E-state index is 12.8. The van der Waals surface area contributed by atoms with Crippen molar-refractivity contribution in [3.8, 4) is 0 Å². The Morgan fingerprint density at radius 1 is 0.920 bits per heavy atom. The third kappa shape index (κ3) is 5.08. The summed E-state index contributed by atoms with van der Waals surface area (Å²) >= 11 is 0. The van der Waals surface area contributed by atoms with Crippen molar-refractivity contribution in [1.82, 2.24) is 10.3 Å². The Morgan fingerprint density at radius 2 is 1.44 bits per heavy atom. The molecular formula is C15H15FN2O5S2. The number of hydrogen-bond acceptors (Lipinski definition) is 5. The van der Waals surface area contributed by atoms with Gasteiger partial charge in [-0.1, -0.05) is 17.7 Å². The Hall–Kier alpha value is -2.30. The summed E-state index contributed by atoms with van der Waals surface area (Å²) in [6.07, 6.45) is 0. The van der Waals surface area contributed by atoms with Crippen molar-refractivity contribution in [3.63, 3.8) is 0 Å². The fourth-order valence-corrected chi connectivity index (χ4v) is 3.83. The highest BCUT2D eigenvalue weighted by atomic mass is 32.2. The van der Waals surface area contributed by atoms with Crippen LogP contribution >= 0.6 is 0 Å². The number of nitrogens with one attached hydrogen (secondary N) is 2. The molecule has 0 heterocycles. The second-order valence-corrected chi connectivity index (χ2v) is 8.85. The van der Waals surface area contributed by atoms with E-state index in [0.29, 0.717) is 0 Å². The third-order valence-corrected chi connectivity index (χ3v) is 6.05. The van der Waals surface area contributed by atoms with Gasteiger partial charge in [0.25, 0.3) is 15.9 Å². The van der Waals surface area contributed by atoms with Crippen LogP contribution in [0.3, 0.4) is 0 Å². The van der Waals surface area contributed by atoms with Crippen LogP contribution in [-0.2, 0) is 24.7 Å². The van der Waals surface area contributed by atoms with E-state index in [2.05, 4.69) is 0 Å². The van der Waals surface area contributed by atoms with Crippen LogP contribution in [0.4, 0.5) is 4.39 Å². The first kappa shape index (κ1) is 19.0. The molecule has 10 heteroatoms. The van der Waals surface area contributed by atoms with E-state index in [-0.39, 0.29) is 9.79 Å². The zero-order valence-corrected chi connectivity index (χ0v) is 14.7. The van der Waals surface area contributed by atoms with Gasteiger partial charge in [0.1, 0.15) is 11.6 Å². The van der Waals surface area contributed by atoms with E-state index in [1.54, 1.807) is 23.9 Å². The molecule has 0 aliphatic heterocycles. The van der Waals surface area contributed by atoms with Crippen molar-refractivity contribution in [2.75, 3.05) is 5.75 Å². The van der Waals surface area contributed by atoms with Gasteiger partial charge in [-0.25, -0.2) is 21.2 Å². The van der Waals surface area contributed by atoms with E-state index in [1.807, 2.05) is 5.43 Å². The smallest absolute Gasteiger partial charge is 0.257 e. The van der Waals surface area contributed by atoms with Gasteiger partial charge in [0.05, 0.1) is 9.79 Å². The Morgan fingerprint density at radius 3 is 2.00 bits per heavy atom. The van der Waals surface area contributed by atoms with Crippen molar-refractivity contribution in [2.24, 2.45) is 0 Å². The van der Waals surface area contributed by atoms with Crippen molar-refractivity contribution in [1.29, 1.82) is 0 Å². The number of hydrazine groups is 1. The van der Waals surface area contributed by atoms with E-state index in [0.717, 1.165) is 29.8 Å². The number of benzene rings is 2. The molecule has 2 aromatic rings. The average Bonchev–Trinajstić information content (AvgIpc) is 2.53. The summed E-state index contributed by atoms with van der Waals surface area (Å²) in [4.78, 5) is 13.2. The Kier molecular flexibility index (Phi) is 5.55. The molecule has 1 amide bonds. The first-order valence-corrected chi connectivity index (χ1v) is 10.1. The van der Waals surface area contributed by atoms with E-state index < -0.39 is 37.3 Å². The first-order chi connectivity index (χ1) is 11.6. The summed E-state index contributed by atoms with van der Waals surface area (Å²) in [5.41, 5.74) is 2.68. The fourth-order valence-electron chi connectivity index (χ4n) is 1.83. The van der Waals surface area contributed by atoms with Gasteiger partial charge in [-0.2, -0.15) is 0 Å². The summed E-state index contributed by atoms with van der Waals surface area (Å²) in [6.45, 7) is 1.79. The predicted molar refractivity (Wildman–Crippen MR) is 88.1 cm³/mol. The molecule has 25 heavy (non-hydrogen) atoms. The predicted octanol–water partition coefficient (Wildman–Crippen LogP) is 0.918. The van der Waals surface area contributed by atoms with E-state index in [4.69, 9.17) is 0 Å². The average molecular weight is 386 g/mol. The van der Waals surface area contributed by atoms with Crippen LogP contribution in [0, 0.1) is 12.7 Å². The molecule has 0 spiro atoms. The molecule has 0 atom stereocenters. The van der Waals surface area contributed by atoms with Crippen molar-refractivity contribution >= 4 is 25.8 Å². The van der Waals surface area contributed by atoms with Crippen LogP contribution in [0.25, 0.3) is 0 Å². The normalized spacial score (nSPS) is 11.9. The zero-order chi connectivity index (χ0) is 18.7. The molecule has 0 aromatic heterocycles. The number of rotatable bonds is 6. The van der Waals surface area contributed by atoms with Crippen LogP contribution in [0.15, 0.2) is 58.3 Å². The molecule has 0 saturated carbocycles. The number of sulfone groups is 1. The minimum Gasteiger partial charge on any atom is -0.277 e. The Bertz CT molecular complexity index is 970. The minimum atomic E-state index is -4.14. The fraction of sp³-hybridized carbons (Fsp3) is 0.133. The number of carbonyl (C=O) groups excluding carboxylic acids is 1. The Balaban J connectivity index is 2.02. The molecule has 0 fully saturated rings. The van der Waals surface area contributed by atoms with Crippen molar-refractivity contribution in [2.45, 2.75) is 16.7 Å². The van der Waals surface area contributed by atoms with Crippen molar-refractivity contribution < 1.29 is 26.0 Å². The van der Waals surface area contributed by atoms with Crippen LogP contribution < -0.4 is 10.3 Å². The number of hydrogen-bond donors (Lipinski definition) is 2. The summed E-state index contributed by atoms with van der Waals surface area (Å²) in [5.74, 6) is -2.60.